The third kappa shape index (κ3) is 3.45. The van der Waals surface area contributed by atoms with E-state index in [1.807, 2.05) is 12.1 Å². The summed E-state index contributed by atoms with van der Waals surface area (Å²) in [5.74, 6) is -0.0943. The number of likely N-dealkylation sites (N-methyl/N-ethyl adjacent to an activating group) is 1. The molecule has 0 radical (unpaired) electrons. The lowest BCUT2D eigenvalue weighted by atomic mass is 9.98. The number of benzene rings is 2. The van der Waals surface area contributed by atoms with Crippen LogP contribution in [0.1, 0.15) is 41.6 Å². The van der Waals surface area contributed by atoms with Crippen LogP contribution in [0.3, 0.4) is 0 Å². The number of halogens is 1. The summed E-state index contributed by atoms with van der Waals surface area (Å²) in [6.45, 7) is 7.23. The molecule has 1 aliphatic rings. The first kappa shape index (κ1) is 19.7. The lowest BCUT2D eigenvalue weighted by molar-refractivity contribution is 0.0708. The maximum absolute atomic E-state index is 13.3. The molecular formula is C23H23ClN2O3. The first-order valence-corrected chi connectivity index (χ1v) is 10.3. The zero-order valence-corrected chi connectivity index (χ0v) is 17.3. The average Bonchev–Trinajstić information content (AvgIpc) is 3.02. The molecule has 0 saturated carbocycles. The zero-order valence-electron chi connectivity index (χ0n) is 16.5. The maximum Gasteiger partial charge on any atom is 0.290 e. The van der Waals surface area contributed by atoms with E-state index < -0.39 is 6.04 Å². The average molecular weight is 411 g/mol. The zero-order chi connectivity index (χ0) is 20.5. The Hall–Kier alpha value is -2.63. The SMILES string of the molecule is CCN(CC)CCN1C(=O)c2oc3ccccc3c(=O)c2[C@H]1c1ccc(Cl)cc1. The number of carbonyl (C=O) groups is 1. The molecule has 0 aliphatic carbocycles. The van der Waals surface area contributed by atoms with Gasteiger partial charge in [-0.05, 0) is 42.9 Å². The molecule has 6 heteroatoms. The molecule has 2 heterocycles. The van der Waals surface area contributed by atoms with Gasteiger partial charge in [-0.15, -0.1) is 0 Å². The van der Waals surface area contributed by atoms with Crippen molar-refractivity contribution in [2.75, 3.05) is 26.2 Å². The van der Waals surface area contributed by atoms with Crippen LogP contribution in [0.5, 0.6) is 0 Å². The smallest absolute Gasteiger partial charge is 0.290 e. The van der Waals surface area contributed by atoms with Gasteiger partial charge in [0.25, 0.3) is 5.91 Å². The van der Waals surface area contributed by atoms with Gasteiger partial charge in [-0.3, -0.25) is 9.59 Å². The molecule has 0 spiro atoms. The molecular weight excluding hydrogens is 388 g/mol. The minimum atomic E-state index is -0.480. The van der Waals surface area contributed by atoms with Crippen molar-refractivity contribution >= 4 is 28.5 Å². The third-order valence-corrected chi connectivity index (χ3v) is 5.86. The van der Waals surface area contributed by atoms with Gasteiger partial charge >= 0.3 is 0 Å². The van der Waals surface area contributed by atoms with Gasteiger partial charge in [0.05, 0.1) is 17.0 Å². The molecule has 1 amide bonds. The lowest BCUT2D eigenvalue weighted by Gasteiger charge is -2.28. The highest BCUT2D eigenvalue weighted by atomic mass is 35.5. The van der Waals surface area contributed by atoms with Gasteiger partial charge < -0.3 is 14.2 Å². The lowest BCUT2D eigenvalue weighted by Crippen LogP contribution is -2.37. The molecule has 0 fully saturated rings. The van der Waals surface area contributed by atoms with Crippen LogP contribution in [0.15, 0.2) is 57.7 Å². The highest BCUT2D eigenvalue weighted by Crippen LogP contribution is 2.38. The number of rotatable bonds is 6. The summed E-state index contributed by atoms with van der Waals surface area (Å²) in [5, 5.41) is 1.10. The Kier molecular flexibility index (Phi) is 5.43. The van der Waals surface area contributed by atoms with E-state index in [4.69, 9.17) is 16.0 Å². The Balaban J connectivity index is 1.85. The van der Waals surface area contributed by atoms with Crippen LogP contribution < -0.4 is 5.43 Å². The van der Waals surface area contributed by atoms with Gasteiger partial charge in [0, 0.05) is 18.1 Å². The van der Waals surface area contributed by atoms with Crippen LogP contribution >= 0.6 is 11.6 Å². The second-order valence-corrected chi connectivity index (χ2v) is 7.59. The largest absolute Gasteiger partial charge is 0.450 e. The third-order valence-electron chi connectivity index (χ3n) is 5.61. The van der Waals surface area contributed by atoms with Gasteiger partial charge in [0.15, 0.2) is 5.43 Å². The van der Waals surface area contributed by atoms with E-state index in [0.717, 1.165) is 25.2 Å². The van der Waals surface area contributed by atoms with Crippen molar-refractivity contribution < 1.29 is 9.21 Å². The van der Waals surface area contributed by atoms with E-state index >= 15 is 0 Å². The fourth-order valence-corrected chi connectivity index (χ4v) is 4.10. The summed E-state index contributed by atoms with van der Waals surface area (Å²) in [6.07, 6.45) is 0. The van der Waals surface area contributed by atoms with E-state index in [0.29, 0.717) is 28.1 Å². The number of hydrogen-bond acceptors (Lipinski definition) is 4. The molecule has 150 valence electrons. The summed E-state index contributed by atoms with van der Waals surface area (Å²) >= 11 is 6.07. The Bertz CT molecular complexity index is 1100. The van der Waals surface area contributed by atoms with Crippen LogP contribution in [0.25, 0.3) is 11.0 Å². The van der Waals surface area contributed by atoms with Gasteiger partial charge in [-0.2, -0.15) is 0 Å². The van der Waals surface area contributed by atoms with E-state index in [1.54, 1.807) is 41.3 Å². The number of amides is 1. The highest BCUT2D eigenvalue weighted by molar-refractivity contribution is 6.30. The molecule has 1 atom stereocenters. The van der Waals surface area contributed by atoms with E-state index in [-0.39, 0.29) is 17.1 Å². The van der Waals surface area contributed by atoms with Gasteiger partial charge in [-0.1, -0.05) is 49.7 Å². The van der Waals surface area contributed by atoms with Gasteiger partial charge in [0.2, 0.25) is 5.76 Å². The molecule has 0 bridgehead atoms. The van der Waals surface area contributed by atoms with Crippen molar-refractivity contribution in [1.82, 2.24) is 9.80 Å². The standard InChI is InChI=1S/C23H23ClN2O3/c1-3-25(4-2)13-14-26-20(15-9-11-16(24)12-10-15)19-21(27)17-7-5-6-8-18(17)29-22(19)23(26)28/h5-12,20H,3-4,13-14H2,1-2H3/t20-/m1/s1. The predicted octanol–water partition coefficient (Wildman–Crippen LogP) is 4.33. The molecule has 1 aromatic heterocycles. The molecule has 4 rings (SSSR count). The van der Waals surface area contributed by atoms with Gasteiger partial charge in [0.1, 0.15) is 5.58 Å². The van der Waals surface area contributed by atoms with Crippen LogP contribution in [-0.2, 0) is 0 Å². The van der Waals surface area contributed by atoms with Crippen molar-refractivity contribution in [1.29, 1.82) is 0 Å². The van der Waals surface area contributed by atoms with Crippen LogP contribution in [0.4, 0.5) is 0 Å². The van der Waals surface area contributed by atoms with Crippen molar-refractivity contribution in [3.05, 3.63) is 80.7 Å². The second kappa shape index (κ2) is 8.01. The van der Waals surface area contributed by atoms with Crippen LogP contribution in [0, 0.1) is 0 Å². The Labute approximate surface area is 174 Å². The number of para-hydroxylation sites is 1. The molecule has 0 N–H and O–H groups in total. The van der Waals surface area contributed by atoms with Crippen molar-refractivity contribution in [3.63, 3.8) is 0 Å². The predicted molar refractivity (Wildman–Crippen MR) is 115 cm³/mol. The quantitative estimate of drug-likeness (QED) is 0.606. The van der Waals surface area contributed by atoms with Crippen molar-refractivity contribution in [2.24, 2.45) is 0 Å². The number of fused-ring (bicyclic) bond motifs is 2. The van der Waals surface area contributed by atoms with Crippen LogP contribution in [-0.4, -0.2) is 41.9 Å². The highest BCUT2D eigenvalue weighted by Gasteiger charge is 2.42. The molecule has 0 saturated heterocycles. The van der Waals surface area contributed by atoms with Crippen molar-refractivity contribution in [3.8, 4) is 0 Å². The fraction of sp³-hybridized carbons (Fsp3) is 0.304. The minimum Gasteiger partial charge on any atom is -0.450 e. The second-order valence-electron chi connectivity index (χ2n) is 7.15. The number of hydrogen-bond donors (Lipinski definition) is 0. The molecule has 1 aliphatic heterocycles. The summed E-state index contributed by atoms with van der Waals surface area (Å²) in [6, 6.07) is 13.9. The van der Waals surface area contributed by atoms with E-state index in [9.17, 15) is 9.59 Å². The summed E-state index contributed by atoms with van der Waals surface area (Å²) < 4.78 is 5.93. The molecule has 2 aromatic carbocycles. The monoisotopic (exact) mass is 410 g/mol. The summed E-state index contributed by atoms with van der Waals surface area (Å²) in [7, 11) is 0. The first-order valence-electron chi connectivity index (χ1n) is 9.89. The number of nitrogens with zero attached hydrogens (tertiary/aromatic N) is 2. The molecule has 5 nitrogen and oxygen atoms in total. The molecule has 29 heavy (non-hydrogen) atoms. The maximum atomic E-state index is 13.3. The van der Waals surface area contributed by atoms with Crippen LogP contribution in [0.2, 0.25) is 5.02 Å². The Morgan fingerprint density at radius 2 is 1.72 bits per heavy atom. The Morgan fingerprint density at radius 3 is 2.41 bits per heavy atom. The minimum absolute atomic E-state index is 0.146. The topological polar surface area (TPSA) is 53.8 Å². The fourth-order valence-electron chi connectivity index (χ4n) is 3.98. The van der Waals surface area contributed by atoms with Crippen molar-refractivity contribution in [2.45, 2.75) is 19.9 Å². The van der Waals surface area contributed by atoms with E-state index in [2.05, 4.69) is 18.7 Å². The normalized spacial score (nSPS) is 16.1. The summed E-state index contributed by atoms with van der Waals surface area (Å²) in [4.78, 5) is 30.6. The first-order chi connectivity index (χ1) is 14.0. The van der Waals surface area contributed by atoms with E-state index in [1.165, 1.54) is 0 Å². The Morgan fingerprint density at radius 1 is 1.03 bits per heavy atom. The van der Waals surface area contributed by atoms with Gasteiger partial charge in [-0.25, -0.2) is 0 Å². The number of carbonyl (C=O) groups excluding carboxylic acids is 1. The molecule has 0 unspecified atom stereocenters. The molecule has 3 aromatic rings. The summed E-state index contributed by atoms with van der Waals surface area (Å²) in [5.41, 5.74) is 1.55.